The van der Waals surface area contributed by atoms with Crippen molar-refractivity contribution >= 4 is 17.9 Å². The summed E-state index contributed by atoms with van der Waals surface area (Å²) in [5, 5.41) is 11.8. The summed E-state index contributed by atoms with van der Waals surface area (Å²) in [6.07, 6.45) is -2.65. The number of aliphatic carboxylic acids is 1. The van der Waals surface area contributed by atoms with Crippen LogP contribution in [0.5, 0.6) is 0 Å². The average Bonchev–Trinajstić information content (AvgIpc) is 2.28. The summed E-state index contributed by atoms with van der Waals surface area (Å²) in [5.74, 6) is -2.49. The van der Waals surface area contributed by atoms with Crippen LogP contribution in [0, 0.1) is 0 Å². The van der Waals surface area contributed by atoms with Crippen molar-refractivity contribution in [2.45, 2.75) is 18.6 Å². The number of halogens is 3. The number of carbonyl (C=O) groups excluding carboxylic acids is 1. The molecule has 19 heavy (non-hydrogen) atoms. The second-order valence-electron chi connectivity index (χ2n) is 3.58. The van der Waals surface area contributed by atoms with Crippen molar-refractivity contribution in [3.8, 4) is 0 Å². The molecule has 0 saturated carbocycles. The van der Waals surface area contributed by atoms with Crippen LogP contribution in [0.15, 0.2) is 18.5 Å². The molecule has 10 heteroatoms. The fourth-order valence-corrected chi connectivity index (χ4v) is 0.969. The monoisotopic (exact) mass is 278 g/mol. The first-order chi connectivity index (χ1) is 8.67. The Morgan fingerprint density at radius 3 is 2.21 bits per heavy atom. The molecule has 2 amide bonds. The number of hydrogen-bond acceptors (Lipinski definition) is 4. The van der Waals surface area contributed by atoms with E-state index >= 15 is 0 Å². The number of hydrogen-bond donors (Lipinski definition) is 3. The van der Waals surface area contributed by atoms with Gasteiger partial charge in [-0.1, -0.05) is 0 Å². The first-order valence-corrected chi connectivity index (χ1v) is 4.83. The Bertz CT molecular complexity index is 479. The van der Waals surface area contributed by atoms with Gasteiger partial charge in [0.25, 0.3) is 0 Å². The minimum Gasteiger partial charge on any atom is -0.479 e. The number of anilines is 1. The lowest BCUT2D eigenvalue weighted by Gasteiger charge is -2.28. The Morgan fingerprint density at radius 1 is 1.26 bits per heavy atom. The van der Waals surface area contributed by atoms with E-state index in [2.05, 4.69) is 9.97 Å². The normalized spacial score (nSPS) is 14.3. The smallest absolute Gasteiger partial charge is 0.422 e. The van der Waals surface area contributed by atoms with E-state index in [1.54, 1.807) is 0 Å². The maximum atomic E-state index is 12.6. The Labute approximate surface area is 104 Å². The molecule has 0 spiro atoms. The van der Waals surface area contributed by atoms with Crippen molar-refractivity contribution in [2.24, 2.45) is 0 Å². The molecule has 1 heterocycles. The van der Waals surface area contributed by atoms with Gasteiger partial charge in [0.2, 0.25) is 11.5 Å². The van der Waals surface area contributed by atoms with Crippen LogP contribution in [0.4, 0.5) is 23.9 Å². The lowest BCUT2D eigenvalue weighted by Crippen LogP contribution is -2.62. The van der Waals surface area contributed by atoms with Crippen molar-refractivity contribution in [3.63, 3.8) is 0 Å². The van der Waals surface area contributed by atoms with E-state index in [0.717, 1.165) is 0 Å². The Kier molecular flexibility index (Phi) is 3.92. The van der Waals surface area contributed by atoms with Gasteiger partial charge < -0.3 is 10.4 Å². The maximum absolute atomic E-state index is 12.6. The second kappa shape index (κ2) is 5.08. The van der Waals surface area contributed by atoms with Crippen molar-refractivity contribution < 1.29 is 27.9 Å². The van der Waals surface area contributed by atoms with Crippen LogP contribution in [0.1, 0.15) is 6.92 Å². The van der Waals surface area contributed by atoms with Crippen LogP contribution in [-0.2, 0) is 4.79 Å². The molecule has 1 unspecified atom stereocenters. The van der Waals surface area contributed by atoms with Gasteiger partial charge in [-0.2, -0.15) is 13.2 Å². The molecule has 0 fully saturated rings. The molecule has 0 bridgehead atoms. The summed E-state index contributed by atoms with van der Waals surface area (Å²) in [6.45, 7) is 0.334. The van der Waals surface area contributed by atoms with Crippen LogP contribution in [0.3, 0.4) is 0 Å². The fourth-order valence-electron chi connectivity index (χ4n) is 0.969. The lowest BCUT2D eigenvalue weighted by molar-refractivity contribution is -0.203. The summed E-state index contributed by atoms with van der Waals surface area (Å²) >= 11 is 0. The minimum absolute atomic E-state index is 0.255. The van der Waals surface area contributed by atoms with Crippen LogP contribution in [0.25, 0.3) is 0 Å². The van der Waals surface area contributed by atoms with E-state index in [9.17, 15) is 22.8 Å². The number of nitrogens with one attached hydrogen (secondary N) is 2. The summed E-state index contributed by atoms with van der Waals surface area (Å²) in [4.78, 5) is 29.1. The van der Waals surface area contributed by atoms with E-state index in [0.29, 0.717) is 6.92 Å². The van der Waals surface area contributed by atoms with Gasteiger partial charge in [0.05, 0.1) is 0 Å². The number of carboxylic acids is 1. The van der Waals surface area contributed by atoms with E-state index in [1.165, 1.54) is 23.8 Å². The zero-order valence-electron chi connectivity index (χ0n) is 9.52. The first kappa shape index (κ1) is 14.7. The van der Waals surface area contributed by atoms with Gasteiger partial charge in [-0.05, 0) is 13.0 Å². The van der Waals surface area contributed by atoms with E-state index in [1.807, 2.05) is 5.32 Å². The quantitative estimate of drug-likeness (QED) is 0.765. The van der Waals surface area contributed by atoms with Crippen molar-refractivity contribution in [1.29, 1.82) is 0 Å². The molecule has 0 saturated heterocycles. The SMILES string of the molecule is CC(NC(=O)Nc1ncccn1)(C(=O)O)C(F)(F)F. The molecule has 0 aliphatic heterocycles. The van der Waals surface area contributed by atoms with Gasteiger partial charge in [0.1, 0.15) is 0 Å². The van der Waals surface area contributed by atoms with E-state index < -0.39 is 23.7 Å². The number of urea groups is 1. The zero-order chi connectivity index (χ0) is 14.7. The number of carboxylic acid groups (broad SMARTS) is 1. The molecule has 7 nitrogen and oxygen atoms in total. The summed E-state index contributed by atoms with van der Waals surface area (Å²) in [5.41, 5.74) is -3.41. The zero-order valence-corrected chi connectivity index (χ0v) is 9.52. The van der Waals surface area contributed by atoms with Crippen LogP contribution in [0.2, 0.25) is 0 Å². The van der Waals surface area contributed by atoms with Crippen molar-refractivity contribution in [1.82, 2.24) is 15.3 Å². The predicted molar refractivity (Wildman–Crippen MR) is 56.3 cm³/mol. The molecule has 1 aromatic rings. The number of rotatable bonds is 3. The highest BCUT2D eigenvalue weighted by atomic mass is 19.4. The van der Waals surface area contributed by atoms with E-state index in [-0.39, 0.29) is 5.95 Å². The van der Waals surface area contributed by atoms with Crippen LogP contribution < -0.4 is 10.6 Å². The number of nitrogens with zero attached hydrogens (tertiary/aromatic N) is 2. The fraction of sp³-hybridized carbons (Fsp3) is 0.333. The maximum Gasteiger partial charge on any atom is 0.422 e. The molecule has 1 aromatic heterocycles. The molecule has 0 aliphatic rings. The summed E-state index contributed by atoms with van der Waals surface area (Å²) < 4.78 is 37.8. The average molecular weight is 278 g/mol. The molecule has 0 aromatic carbocycles. The molecule has 104 valence electrons. The molecule has 0 aliphatic carbocycles. The lowest BCUT2D eigenvalue weighted by atomic mass is 10.0. The highest BCUT2D eigenvalue weighted by Crippen LogP contribution is 2.30. The second-order valence-corrected chi connectivity index (χ2v) is 3.58. The third-order valence-corrected chi connectivity index (χ3v) is 2.15. The van der Waals surface area contributed by atoms with Gasteiger partial charge in [-0.15, -0.1) is 0 Å². The number of amides is 2. The van der Waals surface area contributed by atoms with Gasteiger partial charge >= 0.3 is 18.2 Å². The molecule has 1 atom stereocenters. The highest BCUT2D eigenvalue weighted by molar-refractivity contribution is 5.93. The van der Waals surface area contributed by atoms with Gasteiger partial charge in [-0.25, -0.2) is 19.6 Å². The van der Waals surface area contributed by atoms with E-state index in [4.69, 9.17) is 5.11 Å². The molecular weight excluding hydrogens is 269 g/mol. The predicted octanol–water partition coefficient (Wildman–Crippen LogP) is 1.00. The van der Waals surface area contributed by atoms with Gasteiger partial charge in [-0.3, -0.25) is 5.32 Å². The highest BCUT2D eigenvalue weighted by Gasteiger charge is 2.58. The largest absolute Gasteiger partial charge is 0.479 e. The number of alkyl halides is 3. The van der Waals surface area contributed by atoms with Gasteiger partial charge in [0, 0.05) is 12.4 Å². The first-order valence-electron chi connectivity index (χ1n) is 4.83. The van der Waals surface area contributed by atoms with Crippen LogP contribution in [-0.4, -0.2) is 38.8 Å². The Balaban J connectivity index is 2.82. The van der Waals surface area contributed by atoms with Crippen molar-refractivity contribution in [2.75, 3.05) is 5.32 Å². The third-order valence-electron chi connectivity index (χ3n) is 2.15. The standard InChI is InChI=1S/C9H9F3N4O3/c1-8(5(17)18,9(10,11)12)16-7(19)15-6-13-3-2-4-14-6/h2-4H,1H3,(H,17,18)(H2,13,14,15,16,19). The number of aromatic nitrogens is 2. The van der Waals surface area contributed by atoms with Gasteiger partial charge in [0.15, 0.2) is 0 Å². The molecule has 0 radical (unpaired) electrons. The third kappa shape index (κ3) is 3.30. The Hall–Kier alpha value is -2.39. The van der Waals surface area contributed by atoms with Crippen LogP contribution >= 0.6 is 0 Å². The molecule has 1 rings (SSSR count). The van der Waals surface area contributed by atoms with Crippen molar-refractivity contribution in [3.05, 3.63) is 18.5 Å². The number of carbonyl (C=O) groups is 2. The molecular formula is C9H9F3N4O3. The Morgan fingerprint density at radius 2 is 1.79 bits per heavy atom. The topological polar surface area (TPSA) is 104 Å². The summed E-state index contributed by atoms with van der Waals surface area (Å²) in [7, 11) is 0. The molecule has 3 N–H and O–H groups in total. The summed E-state index contributed by atoms with van der Waals surface area (Å²) in [6, 6.07) is 0.0496. The minimum atomic E-state index is -5.16.